The average molecular weight is 314 g/mol. The lowest BCUT2D eigenvalue weighted by Gasteiger charge is -2.35. The molecule has 2 saturated heterocycles. The predicted molar refractivity (Wildman–Crippen MR) is 80.3 cm³/mol. The number of nitrogens with one attached hydrogen (secondary N) is 2. The maximum absolute atomic E-state index is 12.6. The van der Waals surface area contributed by atoms with Crippen LogP contribution in [-0.4, -0.2) is 59.1 Å². The zero-order valence-corrected chi connectivity index (χ0v) is 12.7. The molecule has 21 heavy (non-hydrogen) atoms. The lowest BCUT2D eigenvalue weighted by atomic mass is 10.1. The SMILES string of the molecule is C[C@@H]1CNCCN1C(=O)C1CC(=O)N(c2cn[nH]c2)C1.Cl. The fourth-order valence-electron chi connectivity index (χ4n) is 2.92. The Hall–Kier alpha value is -1.60. The van der Waals surface area contributed by atoms with Crippen LogP contribution in [0.25, 0.3) is 0 Å². The minimum Gasteiger partial charge on any atom is -0.337 e. The summed E-state index contributed by atoms with van der Waals surface area (Å²) in [5, 5.41) is 9.81. The first-order valence-corrected chi connectivity index (χ1v) is 6.97. The second kappa shape index (κ2) is 6.44. The molecule has 116 valence electrons. The number of aromatic amines is 1. The van der Waals surface area contributed by atoms with Crippen LogP contribution in [0.15, 0.2) is 12.4 Å². The molecule has 0 aliphatic carbocycles. The van der Waals surface area contributed by atoms with Gasteiger partial charge in [0.05, 0.1) is 17.8 Å². The fourth-order valence-corrected chi connectivity index (χ4v) is 2.92. The largest absolute Gasteiger partial charge is 0.337 e. The standard InChI is InChI=1S/C13H19N5O2.ClH/c1-9-5-14-2-3-17(9)13(20)10-4-12(19)18(8-10)11-6-15-16-7-11;/h6-7,9-10,14H,2-5,8H2,1H3,(H,15,16);1H/t9-,10?;/m1./s1. The third kappa shape index (κ3) is 3.03. The van der Waals surface area contributed by atoms with E-state index in [-0.39, 0.29) is 36.2 Å². The normalized spacial score (nSPS) is 25.9. The first kappa shape index (κ1) is 15.8. The number of aromatic nitrogens is 2. The van der Waals surface area contributed by atoms with Crippen LogP contribution in [0.1, 0.15) is 13.3 Å². The number of carbonyl (C=O) groups is 2. The number of H-pyrrole nitrogens is 1. The maximum atomic E-state index is 12.6. The predicted octanol–water partition coefficient (Wildman–Crippen LogP) is 0.00470. The van der Waals surface area contributed by atoms with E-state index in [1.165, 1.54) is 0 Å². The van der Waals surface area contributed by atoms with Gasteiger partial charge in [-0.15, -0.1) is 12.4 Å². The lowest BCUT2D eigenvalue weighted by Crippen LogP contribution is -2.54. The molecule has 2 atom stereocenters. The summed E-state index contributed by atoms with van der Waals surface area (Å²) in [7, 11) is 0. The summed E-state index contributed by atoms with van der Waals surface area (Å²) in [4.78, 5) is 28.2. The highest BCUT2D eigenvalue weighted by molar-refractivity contribution is 6.00. The van der Waals surface area contributed by atoms with Gasteiger partial charge in [-0.05, 0) is 6.92 Å². The van der Waals surface area contributed by atoms with Gasteiger partial charge in [0.25, 0.3) is 0 Å². The molecule has 1 unspecified atom stereocenters. The van der Waals surface area contributed by atoms with Crippen molar-refractivity contribution in [3.05, 3.63) is 12.4 Å². The molecule has 0 saturated carbocycles. The Morgan fingerprint density at radius 1 is 1.48 bits per heavy atom. The van der Waals surface area contributed by atoms with Crippen molar-refractivity contribution >= 4 is 29.9 Å². The number of rotatable bonds is 2. The molecule has 2 amide bonds. The van der Waals surface area contributed by atoms with Gasteiger partial charge < -0.3 is 15.1 Å². The number of anilines is 1. The summed E-state index contributed by atoms with van der Waals surface area (Å²) in [6, 6.07) is 0.189. The van der Waals surface area contributed by atoms with E-state index >= 15 is 0 Å². The Morgan fingerprint density at radius 2 is 2.29 bits per heavy atom. The molecule has 2 aliphatic heterocycles. The Labute approximate surface area is 129 Å². The number of halogens is 1. The van der Waals surface area contributed by atoms with Crippen LogP contribution in [0, 0.1) is 5.92 Å². The van der Waals surface area contributed by atoms with Crippen molar-refractivity contribution in [3.63, 3.8) is 0 Å². The second-order valence-corrected chi connectivity index (χ2v) is 5.45. The molecule has 8 heteroatoms. The highest BCUT2D eigenvalue weighted by atomic mass is 35.5. The van der Waals surface area contributed by atoms with Crippen molar-refractivity contribution < 1.29 is 9.59 Å². The minimum absolute atomic E-state index is 0. The smallest absolute Gasteiger partial charge is 0.228 e. The molecule has 0 aromatic carbocycles. The van der Waals surface area contributed by atoms with Gasteiger partial charge in [0, 0.05) is 44.8 Å². The van der Waals surface area contributed by atoms with Crippen molar-refractivity contribution in [2.24, 2.45) is 5.92 Å². The number of hydrogen-bond acceptors (Lipinski definition) is 4. The molecule has 3 heterocycles. The van der Waals surface area contributed by atoms with Crippen LogP contribution in [-0.2, 0) is 9.59 Å². The van der Waals surface area contributed by atoms with E-state index in [1.807, 2.05) is 11.8 Å². The maximum Gasteiger partial charge on any atom is 0.228 e. The number of nitrogens with zero attached hydrogens (tertiary/aromatic N) is 3. The molecule has 7 nitrogen and oxygen atoms in total. The van der Waals surface area contributed by atoms with Gasteiger partial charge in [0.15, 0.2) is 0 Å². The minimum atomic E-state index is -0.238. The molecule has 3 rings (SSSR count). The van der Waals surface area contributed by atoms with Gasteiger partial charge in [0.1, 0.15) is 0 Å². The summed E-state index contributed by atoms with van der Waals surface area (Å²) in [6.45, 7) is 4.85. The van der Waals surface area contributed by atoms with E-state index in [1.54, 1.807) is 17.3 Å². The van der Waals surface area contributed by atoms with E-state index in [0.717, 1.165) is 25.3 Å². The van der Waals surface area contributed by atoms with Crippen molar-refractivity contribution in [1.82, 2.24) is 20.4 Å². The Bertz CT molecular complexity index is 507. The van der Waals surface area contributed by atoms with Crippen molar-refractivity contribution in [3.8, 4) is 0 Å². The zero-order valence-electron chi connectivity index (χ0n) is 11.9. The number of hydrogen-bond donors (Lipinski definition) is 2. The summed E-state index contributed by atoms with van der Waals surface area (Å²) in [5.41, 5.74) is 0.735. The van der Waals surface area contributed by atoms with Crippen LogP contribution in [0.5, 0.6) is 0 Å². The summed E-state index contributed by atoms with van der Waals surface area (Å²) in [5.74, 6) is -0.149. The molecular formula is C13H20ClN5O2. The topological polar surface area (TPSA) is 81.3 Å². The highest BCUT2D eigenvalue weighted by Crippen LogP contribution is 2.26. The monoisotopic (exact) mass is 313 g/mol. The van der Waals surface area contributed by atoms with Gasteiger partial charge in [-0.25, -0.2) is 0 Å². The molecule has 0 bridgehead atoms. The molecular weight excluding hydrogens is 294 g/mol. The quantitative estimate of drug-likeness (QED) is 0.805. The van der Waals surface area contributed by atoms with E-state index in [2.05, 4.69) is 15.5 Å². The Kier molecular flexibility index (Phi) is 4.84. The summed E-state index contributed by atoms with van der Waals surface area (Å²) >= 11 is 0. The molecule has 2 aliphatic rings. The molecule has 0 spiro atoms. The highest BCUT2D eigenvalue weighted by Gasteiger charge is 2.38. The van der Waals surface area contributed by atoms with Crippen LogP contribution in [0.4, 0.5) is 5.69 Å². The van der Waals surface area contributed by atoms with Crippen molar-refractivity contribution in [2.75, 3.05) is 31.1 Å². The van der Waals surface area contributed by atoms with Gasteiger partial charge in [-0.1, -0.05) is 0 Å². The van der Waals surface area contributed by atoms with E-state index in [0.29, 0.717) is 13.0 Å². The van der Waals surface area contributed by atoms with Gasteiger partial charge >= 0.3 is 0 Å². The van der Waals surface area contributed by atoms with Gasteiger partial charge in [-0.2, -0.15) is 5.10 Å². The number of amides is 2. The van der Waals surface area contributed by atoms with Crippen molar-refractivity contribution in [1.29, 1.82) is 0 Å². The third-order valence-corrected chi connectivity index (χ3v) is 4.05. The molecule has 2 fully saturated rings. The van der Waals surface area contributed by atoms with E-state index in [9.17, 15) is 9.59 Å². The van der Waals surface area contributed by atoms with Gasteiger partial charge in [0.2, 0.25) is 11.8 Å². The van der Waals surface area contributed by atoms with Crippen LogP contribution in [0.2, 0.25) is 0 Å². The summed E-state index contributed by atoms with van der Waals surface area (Å²) in [6.07, 6.45) is 3.58. The van der Waals surface area contributed by atoms with Gasteiger partial charge in [-0.3, -0.25) is 14.7 Å². The molecule has 1 aromatic heterocycles. The van der Waals surface area contributed by atoms with E-state index in [4.69, 9.17) is 0 Å². The third-order valence-electron chi connectivity index (χ3n) is 4.05. The summed E-state index contributed by atoms with van der Waals surface area (Å²) < 4.78 is 0. The Balaban J connectivity index is 0.00000161. The lowest BCUT2D eigenvalue weighted by molar-refractivity contribution is -0.138. The number of carbonyl (C=O) groups excluding carboxylic acids is 2. The number of piperazine rings is 1. The zero-order chi connectivity index (χ0) is 14.1. The molecule has 1 aromatic rings. The second-order valence-electron chi connectivity index (χ2n) is 5.45. The molecule has 2 N–H and O–H groups in total. The average Bonchev–Trinajstić information content (AvgIpc) is 3.07. The first-order chi connectivity index (χ1) is 9.66. The van der Waals surface area contributed by atoms with Crippen LogP contribution >= 0.6 is 12.4 Å². The van der Waals surface area contributed by atoms with E-state index < -0.39 is 0 Å². The van der Waals surface area contributed by atoms with Crippen LogP contribution in [0.3, 0.4) is 0 Å². The fraction of sp³-hybridized carbons (Fsp3) is 0.615. The van der Waals surface area contributed by atoms with Crippen molar-refractivity contribution in [2.45, 2.75) is 19.4 Å². The van der Waals surface area contributed by atoms with Crippen LogP contribution < -0.4 is 10.2 Å². The first-order valence-electron chi connectivity index (χ1n) is 6.97. The molecule has 0 radical (unpaired) electrons. The Morgan fingerprint density at radius 3 is 2.95 bits per heavy atom.